The molecule has 3 aromatic rings. The fourth-order valence-corrected chi connectivity index (χ4v) is 2.97. The lowest BCUT2D eigenvalue weighted by Gasteiger charge is -2.05. The van der Waals surface area contributed by atoms with Crippen molar-refractivity contribution in [2.75, 3.05) is 0 Å². The maximum absolute atomic E-state index is 10.8. The molecule has 22 heavy (non-hydrogen) atoms. The van der Waals surface area contributed by atoms with Crippen molar-refractivity contribution < 1.29 is 9.46 Å². The van der Waals surface area contributed by atoms with Gasteiger partial charge in [-0.3, -0.25) is 0 Å². The van der Waals surface area contributed by atoms with Crippen LogP contribution in [0.5, 0.6) is 0 Å². The van der Waals surface area contributed by atoms with Crippen molar-refractivity contribution in [3.63, 3.8) is 0 Å². The summed E-state index contributed by atoms with van der Waals surface area (Å²) in [4.78, 5) is 8.94. The van der Waals surface area contributed by atoms with Crippen LogP contribution >= 0.6 is 8.03 Å². The van der Waals surface area contributed by atoms with Crippen LogP contribution in [0.2, 0.25) is 0 Å². The second-order valence-corrected chi connectivity index (χ2v) is 6.17. The van der Waals surface area contributed by atoms with Crippen LogP contribution in [-0.4, -0.2) is 4.89 Å². The molecular formula is C19H16O2P+. The van der Waals surface area contributed by atoms with Crippen molar-refractivity contribution in [1.29, 1.82) is 0 Å². The molecule has 0 aromatic heterocycles. The van der Waals surface area contributed by atoms with Crippen molar-refractivity contribution in [3.05, 3.63) is 84.4 Å². The minimum absolute atomic E-state index is 0.211. The first kappa shape index (κ1) is 14.6. The van der Waals surface area contributed by atoms with Crippen LogP contribution in [0.3, 0.4) is 0 Å². The van der Waals surface area contributed by atoms with Crippen molar-refractivity contribution in [3.8, 4) is 22.3 Å². The summed E-state index contributed by atoms with van der Waals surface area (Å²) in [5.41, 5.74) is 5.53. The first-order valence-electron chi connectivity index (χ1n) is 7.11. The number of benzene rings is 3. The summed E-state index contributed by atoms with van der Waals surface area (Å²) < 4.78 is 10.8. The molecule has 1 atom stereocenters. The summed E-state index contributed by atoms with van der Waals surface area (Å²) in [5, 5.41) is 0. The molecule has 0 amide bonds. The highest BCUT2D eigenvalue weighted by molar-refractivity contribution is 7.37. The zero-order valence-electron chi connectivity index (χ0n) is 12.0. The van der Waals surface area contributed by atoms with Gasteiger partial charge in [0, 0.05) is 5.56 Å². The molecular weight excluding hydrogens is 291 g/mol. The summed E-state index contributed by atoms with van der Waals surface area (Å²) in [7, 11) is -2.12. The van der Waals surface area contributed by atoms with E-state index in [1.807, 2.05) is 42.5 Å². The van der Waals surface area contributed by atoms with Gasteiger partial charge in [0.1, 0.15) is 0 Å². The largest absolute Gasteiger partial charge is 0.510 e. The average molecular weight is 307 g/mol. The fourth-order valence-electron chi connectivity index (χ4n) is 2.44. The first-order valence-corrected chi connectivity index (χ1v) is 8.50. The smallest absolute Gasteiger partial charge is 0.160 e. The Balaban J connectivity index is 1.82. The topological polar surface area (TPSA) is 37.3 Å². The van der Waals surface area contributed by atoms with Crippen LogP contribution in [0, 0.1) is 0 Å². The van der Waals surface area contributed by atoms with E-state index in [-0.39, 0.29) is 6.16 Å². The predicted molar refractivity (Wildman–Crippen MR) is 90.8 cm³/mol. The van der Waals surface area contributed by atoms with Crippen LogP contribution in [0.15, 0.2) is 78.9 Å². The van der Waals surface area contributed by atoms with Crippen molar-refractivity contribution >= 4 is 8.03 Å². The van der Waals surface area contributed by atoms with Gasteiger partial charge in [-0.2, -0.15) is 4.89 Å². The van der Waals surface area contributed by atoms with Crippen molar-refractivity contribution in [1.82, 2.24) is 0 Å². The number of hydrogen-bond donors (Lipinski definition) is 1. The van der Waals surface area contributed by atoms with E-state index in [0.717, 1.165) is 16.7 Å². The Bertz CT molecular complexity index is 763. The third-order valence-corrected chi connectivity index (χ3v) is 4.23. The Morgan fingerprint density at radius 3 is 1.50 bits per heavy atom. The van der Waals surface area contributed by atoms with E-state index in [2.05, 4.69) is 36.4 Å². The van der Waals surface area contributed by atoms with Gasteiger partial charge in [-0.25, -0.2) is 0 Å². The Kier molecular flexibility index (Phi) is 4.43. The minimum Gasteiger partial charge on any atom is -0.160 e. The minimum atomic E-state index is -2.12. The molecule has 0 heterocycles. The Morgan fingerprint density at radius 2 is 1.05 bits per heavy atom. The van der Waals surface area contributed by atoms with Crippen LogP contribution in [0.1, 0.15) is 5.56 Å². The van der Waals surface area contributed by atoms with Gasteiger partial charge in [0.05, 0.1) is 0 Å². The summed E-state index contributed by atoms with van der Waals surface area (Å²) in [6.45, 7) is 0. The molecule has 0 radical (unpaired) electrons. The van der Waals surface area contributed by atoms with E-state index in [0.29, 0.717) is 0 Å². The van der Waals surface area contributed by atoms with Gasteiger partial charge in [-0.15, -0.1) is 0 Å². The van der Waals surface area contributed by atoms with E-state index < -0.39 is 8.03 Å². The molecule has 108 valence electrons. The predicted octanol–water partition coefficient (Wildman–Crippen LogP) is 5.26. The Morgan fingerprint density at radius 1 is 0.636 bits per heavy atom. The maximum atomic E-state index is 10.8. The fraction of sp³-hybridized carbons (Fsp3) is 0.0526. The van der Waals surface area contributed by atoms with E-state index >= 15 is 0 Å². The molecule has 0 aliphatic heterocycles. The molecule has 0 aliphatic rings. The monoisotopic (exact) mass is 307 g/mol. The Hall–Kier alpha value is -2.28. The summed E-state index contributed by atoms with van der Waals surface area (Å²) >= 11 is 0. The summed E-state index contributed by atoms with van der Waals surface area (Å²) in [6.07, 6.45) is 0.211. The standard InChI is InChI=1S/C19H15O2P/c20-22(21)14-15-6-8-17(9-7-15)19-12-10-18(11-13-19)16-4-2-1-3-5-16/h1-13H,14H2/p+1. The first-order chi connectivity index (χ1) is 10.7. The van der Waals surface area contributed by atoms with Gasteiger partial charge >= 0.3 is 8.03 Å². The number of hydrogen-bond acceptors (Lipinski definition) is 1. The molecule has 2 nitrogen and oxygen atoms in total. The summed E-state index contributed by atoms with van der Waals surface area (Å²) in [5.74, 6) is 0. The van der Waals surface area contributed by atoms with E-state index in [9.17, 15) is 4.57 Å². The van der Waals surface area contributed by atoms with Crippen LogP contribution in [0.4, 0.5) is 0 Å². The van der Waals surface area contributed by atoms with Gasteiger partial charge in [0.2, 0.25) is 6.16 Å². The van der Waals surface area contributed by atoms with Crippen molar-refractivity contribution in [2.45, 2.75) is 6.16 Å². The molecule has 1 unspecified atom stereocenters. The van der Waals surface area contributed by atoms with Gasteiger partial charge in [0.25, 0.3) is 0 Å². The molecule has 0 bridgehead atoms. The molecule has 1 N–H and O–H groups in total. The third kappa shape index (κ3) is 3.48. The lowest BCUT2D eigenvalue weighted by molar-refractivity contribution is 0.502. The molecule has 0 fully saturated rings. The normalized spacial score (nSPS) is 11.2. The quantitative estimate of drug-likeness (QED) is 0.668. The molecule has 3 rings (SSSR count). The van der Waals surface area contributed by atoms with E-state index in [1.165, 1.54) is 11.1 Å². The van der Waals surface area contributed by atoms with Gasteiger partial charge in [0.15, 0.2) is 0 Å². The highest BCUT2D eigenvalue weighted by Gasteiger charge is 2.11. The maximum Gasteiger partial charge on any atom is 0.510 e. The van der Waals surface area contributed by atoms with Crippen molar-refractivity contribution in [2.24, 2.45) is 0 Å². The van der Waals surface area contributed by atoms with E-state index in [4.69, 9.17) is 4.89 Å². The second-order valence-electron chi connectivity index (χ2n) is 5.15. The second kappa shape index (κ2) is 6.65. The summed E-state index contributed by atoms with van der Waals surface area (Å²) in [6, 6.07) is 26.5. The molecule has 0 aliphatic carbocycles. The van der Waals surface area contributed by atoms with Crippen LogP contribution < -0.4 is 0 Å². The van der Waals surface area contributed by atoms with Gasteiger partial charge in [-0.05, 0) is 26.8 Å². The highest BCUT2D eigenvalue weighted by Crippen LogP contribution is 2.27. The lowest BCUT2D eigenvalue weighted by Crippen LogP contribution is -1.83. The number of rotatable bonds is 4. The molecule has 0 spiro atoms. The third-order valence-electron chi connectivity index (χ3n) is 3.60. The molecule has 0 saturated carbocycles. The average Bonchev–Trinajstić information content (AvgIpc) is 2.56. The van der Waals surface area contributed by atoms with E-state index in [1.54, 1.807) is 0 Å². The molecule has 3 heteroatoms. The highest BCUT2D eigenvalue weighted by atomic mass is 31.1. The Labute approximate surface area is 130 Å². The van der Waals surface area contributed by atoms with Crippen LogP contribution in [0.25, 0.3) is 22.3 Å². The SMILES string of the molecule is O=[P+](O)Cc1ccc(-c2ccc(-c3ccccc3)cc2)cc1. The van der Waals surface area contributed by atoms with Crippen LogP contribution in [-0.2, 0) is 10.7 Å². The zero-order chi connectivity index (χ0) is 15.4. The molecule has 3 aromatic carbocycles. The lowest BCUT2D eigenvalue weighted by atomic mass is 10.00. The van der Waals surface area contributed by atoms with Gasteiger partial charge < -0.3 is 0 Å². The zero-order valence-corrected chi connectivity index (χ0v) is 12.9. The van der Waals surface area contributed by atoms with Gasteiger partial charge in [-0.1, -0.05) is 78.9 Å². The molecule has 0 saturated heterocycles.